The maximum atomic E-state index is 5.34. The van der Waals surface area contributed by atoms with Crippen LogP contribution in [0.5, 0.6) is 5.75 Å². The van der Waals surface area contributed by atoms with Crippen molar-refractivity contribution >= 4 is 28.4 Å². The lowest BCUT2D eigenvalue weighted by Gasteiger charge is -2.11. The molecule has 0 aliphatic carbocycles. The summed E-state index contributed by atoms with van der Waals surface area (Å²) in [5, 5.41) is 7.33. The van der Waals surface area contributed by atoms with Gasteiger partial charge in [-0.3, -0.25) is 0 Å². The molecule has 7 heteroatoms. The molecule has 0 fully saturated rings. The van der Waals surface area contributed by atoms with E-state index >= 15 is 0 Å². The van der Waals surface area contributed by atoms with Crippen LogP contribution in [0, 0.1) is 3.57 Å². The average Bonchev–Trinajstić information content (AvgIpc) is 2.76. The van der Waals surface area contributed by atoms with E-state index in [1.807, 2.05) is 13.1 Å². The van der Waals surface area contributed by atoms with E-state index in [0.29, 0.717) is 17.4 Å². The van der Waals surface area contributed by atoms with Crippen LogP contribution in [-0.2, 0) is 0 Å². The van der Waals surface area contributed by atoms with Gasteiger partial charge in [-0.1, -0.05) is 0 Å². The summed E-state index contributed by atoms with van der Waals surface area (Å²) in [7, 11) is 1.59. The van der Waals surface area contributed by atoms with Crippen molar-refractivity contribution in [2.24, 2.45) is 0 Å². The van der Waals surface area contributed by atoms with Gasteiger partial charge in [0.05, 0.1) is 16.9 Å². The third-order valence-corrected chi connectivity index (χ3v) is 2.66. The zero-order chi connectivity index (χ0) is 12.3. The van der Waals surface area contributed by atoms with E-state index in [0.717, 1.165) is 10.1 Å². The fourth-order valence-corrected chi connectivity index (χ4v) is 1.81. The number of rotatable bonds is 4. The highest BCUT2D eigenvalue weighted by Gasteiger charge is 2.13. The van der Waals surface area contributed by atoms with Gasteiger partial charge in [-0.2, -0.15) is 5.10 Å². The molecular weight excluding hydrogens is 333 g/mol. The van der Waals surface area contributed by atoms with Gasteiger partial charge in [0.15, 0.2) is 5.82 Å². The lowest BCUT2D eigenvalue weighted by atomic mass is 10.4. The molecule has 17 heavy (non-hydrogen) atoms. The van der Waals surface area contributed by atoms with E-state index in [-0.39, 0.29) is 0 Å². The van der Waals surface area contributed by atoms with Crippen LogP contribution < -0.4 is 10.1 Å². The molecule has 0 amide bonds. The molecule has 2 aromatic rings. The summed E-state index contributed by atoms with van der Waals surface area (Å²) in [6.07, 6.45) is 5.13. The first-order valence-corrected chi connectivity index (χ1v) is 6.17. The fraction of sp³-hybridized carbons (Fsp3) is 0.300. The van der Waals surface area contributed by atoms with Gasteiger partial charge >= 0.3 is 0 Å². The number of halogens is 1. The Balaban J connectivity index is 2.49. The number of anilines is 1. The monoisotopic (exact) mass is 345 g/mol. The third-order valence-electron chi connectivity index (χ3n) is 2.10. The summed E-state index contributed by atoms with van der Waals surface area (Å²) in [6, 6.07) is 0. The summed E-state index contributed by atoms with van der Waals surface area (Å²) in [6.45, 7) is 2.77. The van der Waals surface area contributed by atoms with Crippen molar-refractivity contribution in [3.05, 3.63) is 22.3 Å². The summed E-state index contributed by atoms with van der Waals surface area (Å²) in [5.74, 6) is 1.89. The molecule has 0 spiro atoms. The molecule has 6 nitrogen and oxygen atoms in total. The van der Waals surface area contributed by atoms with Crippen LogP contribution in [0.3, 0.4) is 0 Å². The van der Waals surface area contributed by atoms with E-state index in [1.165, 1.54) is 6.33 Å². The van der Waals surface area contributed by atoms with E-state index in [1.54, 1.807) is 18.0 Å². The Kier molecular flexibility index (Phi) is 3.77. The molecule has 2 heterocycles. The van der Waals surface area contributed by atoms with Gasteiger partial charge in [0, 0.05) is 12.7 Å². The highest BCUT2D eigenvalue weighted by atomic mass is 127. The number of methoxy groups -OCH3 is 1. The quantitative estimate of drug-likeness (QED) is 0.855. The van der Waals surface area contributed by atoms with Crippen LogP contribution in [0.1, 0.15) is 6.92 Å². The number of hydrogen-bond donors (Lipinski definition) is 1. The zero-order valence-electron chi connectivity index (χ0n) is 9.51. The lowest BCUT2D eigenvalue weighted by Crippen LogP contribution is -2.08. The van der Waals surface area contributed by atoms with Crippen molar-refractivity contribution in [2.75, 3.05) is 19.0 Å². The molecule has 0 atom stereocenters. The van der Waals surface area contributed by atoms with Crippen LogP contribution in [-0.4, -0.2) is 33.4 Å². The Morgan fingerprint density at radius 3 is 2.88 bits per heavy atom. The molecule has 0 saturated heterocycles. The topological polar surface area (TPSA) is 64.9 Å². The summed E-state index contributed by atoms with van der Waals surface area (Å²) in [4.78, 5) is 8.34. The molecule has 0 aliphatic heterocycles. The molecule has 2 aromatic heterocycles. The molecule has 1 N–H and O–H groups in total. The van der Waals surface area contributed by atoms with Crippen LogP contribution in [0.15, 0.2) is 18.7 Å². The maximum absolute atomic E-state index is 5.34. The Morgan fingerprint density at radius 2 is 2.29 bits per heavy atom. The number of nitrogens with zero attached hydrogens (tertiary/aromatic N) is 4. The van der Waals surface area contributed by atoms with Crippen LogP contribution in [0.25, 0.3) is 5.82 Å². The Hall–Kier alpha value is -1.38. The standard InChI is InChI=1S/C10H12IN5O/c1-3-12-9-8(17-2)10(14-6-13-9)16-5-7(11)4-15-16/h4-6H,3H2,1-2H3,(H,12,13,14). The Bertz CT molecular complexity index is 513. The molecular formula is C10H12IN5O. The van der Waals surface area contributed by atoms with Crippen molar-refractivity contribution in [2.45, 2.75) is 6.92 Å². The van der Waals surface area contributed by atoms with E-state index in [2.05, 4.69) is 43.0 Å². The molecule has 90 valence electrons. The fourth-order valence-electron chi connectivity index (χ4n) is 1.43. The SMILES string of the molecule is CCNc1ncnc(-n2cc(I)cn2)c1OC. The predicted octanol–water partition coefficient (Wildman–Crippen LogP) is 1.71. The summed E-state index contributed by atoms with van der Waals surface area (Å²) in [5.41, 5.74) is 0. The van der Waals surface area contributed by atoms with Crippen LogP contribution >= 0.6 is 22.6 Å². The molecule has 0 aromatic carbocycles. The summed E-state index contributed by atoms with van der Waals surface area (Å²) >= 11 is 2.19. The third kappa shape index (κ3) is 2.48. The minimum Gasteiger partial charge on any atom is -0.490 e. The molecule has 0 unspecified atom stereocenters. The van der Waals surface area contributed by atoms with Gasteiger partial charge < -0.3 is 10.1 Å². The van der Waals surface area contributed by atoms with Crippen LogP contribution in [0.4, 0.5) is 5.82 Å². The molecule has 0 radical (unpaired) electrons. The lowest BCUT2D eigenvalue weighted by molar-refractivity contribution is 0.409. The van der Waals surface area contributed by atoms with E-state index in [4.69, 9.17) is 4.74 Å². The molecule has 0 saturated carbocycles. The van der Waals surface area contributed by atoms with Crippen molar-refractivity contribution in [3.8, 4) is 11.6 Å². The minimum atomic E-state index is 0.592. The largest absolute Gasteiger partial charge is 0.490 e. The van der Waals surface area contributed by atoms with Gasteiger partial charge in [0.2, 0.25) is 11.6 Å². The van der Waals surface area contributed by atoms with Gasteiger partial charge in [0.25, 0.3) is 0 Å². The first-order chi connectivity index (χ1) is 8.26. The van der Waals surface area contributed by atoms with Gasteiger partial charge in [0.1, 0.15) is 6.33 Å². The van der Waals surface area contributed by atoms with Crippen molar-refractivity contribution in [1.82, 2.24) is 19.7 Å². The normalized spacial score (nSPS) is 10.3. The number of nitrogens with one attached hydrogen (secondary N) is 1. The maximum Gasteiger partial charge on any atom is 0.206 e. The highest BCUT2D eigenvalue weighted by molar-refractivity contribution is 14.1. The van der Waals surface area contributed by atoms with E-state index < -0.39 is 0 Å². The van der Waals surface area contributed by atoms with Crippen LogP contribution in [0.2, 0.25) is 0 Å². The van der Waals surface area contributed by atoms with Crippen molar-refractivity contribution < 1.29 is 4.74 Å². The van der Waals surface area contributed by atoms with Crippen molar-refractivity contribution in [3.63, 3.8) is 0 Å². The zero-order valence-corrected chi connectivity index (χ0v) is 11.7. The second-order valence-corrected chi connectivity index (χ2v) is 4.46. The van der Waals surface area contributed by atoms with Gasteiger partial charge in [-0.05, 0) is 29.5 Å². The first kappa shape index (κ1) is 12.1. The average molecular weight is 345 g/mol. The second-order valence-electron chi connectivity index (χ2n) is 3.21. The molecule has 0 bridgehead atoms. The predicted molar refractivity (Wildman–Crippen MR) is 72.6 cm³/mol. The minimum absolute atomic E-state index is 0.592. The van der Waals surface area contributed by atoms with Gasteiger partial charge in [-0.25, -0.2) is 14.6 Å². The second kappa shape index (κ2) is 5.30. The Morgan fingerprint density at radius 1 is 1.47 bits per heavy atom. The first-order valence-electron chi connectivity index (χ1n) is 5.09. The number of hydrogen-bond acceptors (Lipinski definition) is 5. The smallest absolute Gasteiger partial charge is 0.206 e. The van der Waals surface area contributed by atoms with Gasteiger partial charge in [-0.15, -0.1) is 0 Å². The molecule has 0 aliphatic rings. The number of aromatic nitrogens is 4. The van der Waals surface area contributed by atoms with Crippen molar-refractivity contribution in [1.29, 1.82) is 0 Å². The molecule has 2 rings (SSSR count). The Labute approximate surface area is 113 Å². The number of ether oxygens (including phenoxy) is 1. The van der Waals surface area contributed by atoms with E-state index in [9.17, 15) is 0 Å². The highest BCUT2D eigenvalue weighted by Crippen LogP contribution is 2.27. The summed E-state index contributed by atoms with van der Waals surface area (Å²) < 4.78 is 8.05.